The Bertz CT molecular complexity index is 746. The predicted octanol–water partition coefficient (Wildman–Crippen LogP) is 3.39. The molecule has 148 valence electrons. The number of rotatable bonds is 6. The van der Waals surface area contributed by atoms with Crippen molar-refractivity contribution in [1.29, 1.82) is 0 Å². The Morgan fingerprint density at radius 2 is 2.11 bits per heavy atom. The van der Waals surface area contributed by atoms with Crippen molar-refractivity contribution < 1.29 is 19.4 Å². The quantitative estimate of drug-likeness (QED) is 0.727. The zero-order valence-corrected chi connectivity index (χ0v) is 17.5. The number of likely N-dealkylation sites (tertiary alicyclic amines) is 1. The van der Waals surface area contributed by atoms with Gasteiger partial charge in [0.05, 0.1) is 12.0 Å². The van der Waals surface area contributed by atoms with Gasteiger partial charge in [0.1, 0.15) is 18.5 Å². The minimum Gasteiger partial charge on any atom is -0.491 e. The van der Waals surface area contributed by atoms with Crippen LogP contribution in [0.4, 0.5) is 0 Å². The molecule has 0 aliphatic carbocycles. The largest absolute Gasteiger partial charge is 0.491 e. The van der Waals surface area contributed by atoms with Gasteiger partial charge in [0.15, 0.2) is 0 Å². The van der Waals surface area contributed by atoms with Gasteiger partial charge < -0.3 is 9.84 Å². The van der Waals surface area contributed by atoms with E-state index in [9.17, 15) is 14.7 Å². The van der Waals surface area contributed by atoms with Crippen LogP contribution in [0.1, 0.15) is 43.7 Å². The van der Waals surface area contributed by atoms with E-state index in [1.165, 1.54) is 4.90 Å². The summed E-state index contributed by atoms with van der Waals surface area (Å²) in [5.41, 5.74) is 1.32. The molecule has 5 nitrogen and oxygen atoms in total. The molecule has 0 saturated carbocycles. The minimum atomic E-state index is -0.932. The first-order valence-corrected chi connectivity index (χ1v) is 10.8. The van der Waals surface area contributed by atoms with Crippen LogP contribution in [-0.4, -0.2) is 52.6 Å². The van der Waals surface area contributed by atoms with E-state index in [4.69, 9.17) is 16.3 Å². The first-order chi connectivity index (χ1) is 12.7. The Labute approximate surface area is 169 Å². The van der Waals surface area contributed by atoms with Crippen LogP contribution in [0.3, 0.4) is 0 Å². The average molecular weight is 412 g/mol. The fourth-order valence-corrected chi connectivity index (χ4v) is 5.27. The third-order valence-electron chi connectivity index (χ3n) is 5.33. The lowest BCUT2D eigenvalue weighted by atomic mass is 9.86. The molecule has 2 aliphatic rings. The summed E-state index contributed by atoms with van der Waals surface area (Å²) in [6, 6.07) is 3.75. The van der Waals surface area contributed by atoms with Gasteiger partial charge in [0.2, 0.25) is 11.8 Å². The van der Waals surface area contributed by atoms with E-state index in [0.29, 0.717) is 16.5 Å². The van der Waals surface area contributed by atoms with E-state index in [0.717, 1.165) is 23.3 Å². The van der Waals surface area contributed by atoms with Gasteiger partial charge in [-0.2, -0.15) is 11.8 Å². The molecule has 27 heavy (non-hydrogen) atoms. The number of aliphatic hydroxyl groups excluding tert-OH is 1. The van der Waals surface area contributed by atoms with Crippen LogP contribution in [0.5, 0.6) is 5.75 Å². The van der Waals surface area contributed by atoms with E-state index >= 15 is 0 Å². The summed E-state index contributed by atoms with van der Waals surface area (Å²) < 4.78 is 5.83. The molecule has 1 aromatic carbocycles. The first kappa shape index (κ1) is 20.5. The number of hydrogen-bond acceptors (Lipinski definition) is 5. The van der Waals surface area contributed by atoms with Crippen molar-refractivity contribution >= 4 is 35.2 Å². The van der Waals surface area contributed by atoms with Gasteiger partial charge in [-0.15, -0.1) is 0 Å². The van der Waals surface area contributed by atoms with E-state index in [2.05, 4.69) is 0 Å². The maximum atomic E-state index is 12.7. The summed E-state index contributed by atoms with van der Waals surface area (Å²) in [6.45, 7) is 5.99. The number of aliphatic hydroxyl groups is 1. The number of ether oxygens (including phenoxy) is 1. The van der Waals surface area contributed by atoms with Crippen molar-refractivity contribution in [2.45, 2.75) is 45.6 Å². The predicted molar refractivity (Wildman–Crippen MR) is 107 cm³/mol. The number of nitrogens with zero attached hydrogens (tertiary/aromatic N) is 1. The number of carbonyl (C=O) groups is 2. The lowest BCUT2D eigenvalue weighted by Crippen LogP contribution is -2.42. The number of carbonyl (C=O) groups excluding carboxylic acids is 2. The number of amides is 2. The lowest BCUT2D eigenvalue weighted by Gasteiger charge is -2.23. The second-order valence-corrected chi connectivity index (χ2v) is 9.34. The highest BCUT2D eigenvalue weighted by atomic mass is 35.5. The van der Waals surface area contributed by atoms with Crippen LogP contribution in [0.2, 0.25) is 5.02 Å². The molecule has 3 rings (SSSR count). The minimum absolute atomic E-state index is 0.0135. The number of imide groups is 1. The van der Waals surface area contributed by atoms with Gasteiger partial charge in [-0.25, -0.2) is 0 Å². The summed E-state index contributed by atoms with van der Waals surface area (Å²) in [5, 5.41) is 11.1. The first-order valence-electron chi connectivity index (χ1n) is 9.27. The Kier molecular flexibility index (Phi) is 6.08. The van der Waals surface area contributed by atoms with Gasteiger partial charge >= 0.3 is 0 Å². The normalized spacial score (nSPS) is 23.7. The number of hydrogen-bond donors (Lipinski definition) is 1. The van der Waals surface area contributed by atoms with Gasteiger partial charge in [0, 0.05) is 17.2 Å². The SMILES string of the molecule is Cc1cc(OC[C@@H](O)CN2C(=O)C[C@]3(CCSC3)C2=O)c(C(C)C)cc1Cl. The molecule has 2 aliphatic heterocycles. The fourth-order valence-electron chi connectivity index (χ4n) is 3.66. The van der Waals surface area contributed by atoms with Crippen molar-refractivity contribution in [2.24, 2.45) is 5.41 Å². The monoisotopic (exact) mass is 411 g/mol. The molecule has 1 spiro atoms. The molecular formula is C20H26ClNO4S. The third-order valence-corrected chi connectivity index (χ3v) is 6.99. The van der Waals surface area contributed by atoms with Gasteiger partial charge in [0.25, 0.3) is 0 Å². The highest BCUT2D eigenvalue weighted by molar-refractivity contribution is 7.99. The highest BCUT2D eigenvalue weighted by Crippen LogP contribution is 2.44. The van der Waals surface area contributed by atoms with Crippen LogP contribution < -0.4 is 4.74 Å². The Morgan fingerprint density at radius 3 is 2.74 bits per heavy atom. The molecule has 2 saturated heterocycles. The second kappa shape index (κ2) is 8.02. The number of aryl methyl sites for hydroxylation is 1. The van der Waals surface area contributed by atoms with Crippen molar-refractivity contribution in [3.63, 3.8) is 0 Å². The Balaban J connectivity index is 1.64. The zero-order valence-electron chi connectivity index (χ0n) is 16.0. The molecule has 2 amide bonds. The molecule has 2 atom stereocenters. The van der Waals surface area contributed by atoms with Crippen LogP contribution >= 0.6 is 23.4 Å². The highest BCUT2D eigenvalue weighted by Gasteiger charge is 2.53. The summed E-state index contributed by atoms with van der Waals surface area (Å²) in [6.07, 6.45) is 0.0751. The van der Waals surface area contributed by atoms with Crippen molar-refractivity contribution in [1.82, 2.24) is 4.90 Å². The zero-order chi connectivity index (χ0) is 19.8. The molecule has 0 aromatic heterocycles. The molecule has 2 heterocycles. The lowest BCUT2D eigenvalue weighted by molar-refractivity contribution is -0.142. The number of thioether (sulfide) groups is 1. The summed E-state index contributed by atoms with van der Waals surface area (Å²) in [5.74, 6) is 2.17. The van der Waals surface area contributed by atoms with Gasteiger partial charge in [-0.3, -0.25) is 14.5 Å². The standard InChI is InChI=1S/C20H26ClNO4S/c1-12(2)15-7-16(21)13(3)6-17(15)26-10-14(23)9-22-18(24)8-20(19(22)25)4-5-27-11-20/h6-7,12,14,23H,4-5,8-11H2,1-3H3/t14-,20-/m0/s1. The van der Waals surface area contributed by atoms with Crippen molar-refractivity contribution in [2.75, 3.05) is 24.7 Å². The molecule has 0 bridgehead atoms. The number of benzene rings is 1. The number of halogens is 1. The van der Waals surface area contributed by atoms with Gasteiger partial charge in [-0.05, 0) is 48.3 Å². The maximum absolute atomic E-state index is 12.7. The average Bonchev–Trinajstić information content (AvgIpc) is 3.16. The van der Waals surface area contributed by atoms with E-state index < -0.39 is 11.5 Å². The van der Waals surface area contributed by atoms with Crippen molar-refractivity contribution in [3.05, 3.63) is 28.3 Å². The molecule has 7 heteroatoms. The maximum Gasteiger partial charge on any atom is 0.236 e. The summed E-state index contributed by atoms with van der Waals surface area (Å²) in [4.78, 5) is 26.2. The molecule has 0 unspecified atom stereocenters. The second-order valence-electron chi connectivity index (χ2n) is 7.83. The van der Waals surface area contributed by atoms with Crippen LogP contribution in [0.15, 0.2) is 12.1 Å². The summed E-state index contributed by atoms with van der Waals surface area (Å²) >= 11 is 7.92. The van der Waals surface area contributed by atoms with Crippen LogP contribution in [0, 0.1) is 12.3 Å². The van der Waals surface area contributed by atoms with Crippen LogP contribution in [-0.2, 0) is 9.59 Å². The molecular weight excluding hydrogens is 386 g/mol. The summed E-state index contributed by atoms with van der Waals surface area (Å²) in [7, 11) is 0. The van der Waals surface area contributed by atoms with E-state index in [1.807, 2.05) is 32.9 Å². The topological polar surface area (TPSA) is 66.8 Å². The molecule has 2 fully saturated rings. The molecule has 1 N–H and O–H groups in total. The Hall–Kier alpha value is -1.24. The number of β-amino-alcohol motifs (C(OH)–C–C–N with tert-alkyl or cyclic N) is 1. The molecule has 1 aromatic rings. The van der Waals surface area contributed by atoms with E-state index in [-0.39, 0.29) is 37.3 Å². The fraction of sp³-hybridized carbons (Fsp3) is 0.600. The van der Waals surface area contributed by atoms with Crippen molar-refractivity contribution in [3.8, 4) is 5.75 Å². The molecule has 0 radical (unpaired) electrons. The third kappa shape index (κ3) is 4.13. The van der Waals surface area contributed by atoms with Crippen LogP contribution in [0.25, 0.3) is 0 Å². The van der Waals surface area contributed by atoms with Gasteiger partial charge in [-0.1, -0.05) is 25.4 Å². The smallest absolute Gasteiger partial charge is 0.236 e. The Morgan fingerprint density at radius 1 is 1.37 bits per heavy atom. The van der Waals surface area contributed by atoms with E-state index in [1.54, 1.807) is 11.8 Å².